The van der Waals surface area contributed by atoms with Gasteiger partial charge in [0.25, 0.3) is 17.6 Å². The van der Waals surface area contributed by atoms with Crippen LogP contribution in [0.3, 0.4) is 0 Å². The lowest BCUT2D eigenvalue weighted by atomic mass is 9.81. The lowest BCUT2D eigenvalue weighted by molar-refractivity contribution is -0.143. The van der Waals surface area contributed by atoms with E-state index in [0.29, 0.717) is 179 Å². The quantitative estimate of drug-likeness (QED) is 0.0220. The number of hydrogen-bond acceptors (Lipinski definition) is 21. The van der Waals surface area contributed by atoms with Crippen molar-refractivity contribution in [2.45, 2.75) is 64.7 Å². The Morgan fingerprint density at radius 1 is 0.810 bits per heavy atom. The van der Waals surface area contributed by atoms with E-state index in [-0.39, 0.29) is 66.8 Å². The molecule has 0 bridgehead atoms. The summed E-state index contributed by atoms with van der Waals surface area (Å²) in [6.07, 6.45) is 7.98. The normalized spacial score (nSPS) is 15.0. The number of carbonyl (C=O) groups excluding carboxylic acids is 5. The van der Waals surface area contributed by atoms with Crippen molar-refractivity contribution >= 4 is 45.8 Å². The third-order valence-corrected chi connectivity index (χ3v) is 13.7. The highest BCUT2D eigenvalue weighted by molar-refractivity contribution is 6.45. The smallest absolute Gasteiger partial charge is 0.295 e. The third kappa shape index (κ3) is 19.9. The summed E-state index contributed by atoms with van der Waals surface area (Å²) < 4.78 is 53.0. The lowest BCUT2D eigenvalue weighted by Crippen LogP contribution is -2.45. The molecule has 0 unspecified atom stereocenters. The predicted molar refractivity (Wildman–Crippen MR) is 300 cm³/mol. The van der Waals surface area contributed by atoms with Crippen LogP contribution in [0.5, 0.6) is 5.75 Å². The summed E-state index contributed by atoms with van der Waals surface area (Å²) in [6, 6.07) is 11.7. The summed E-state index contributed by atoms with van der Waals surface area (Å²) in [7, 11) is 1.42. The van der Waals surface area contributed by atoms with Crippen LogP contribution in [-0.2, 0) is 65.4 Å². The number of nitrogens with one attached hydrogen (secondary N) is 2. The Balaban J connectivity index is 0.736. The Labute approximate surface area is 486 Å². The summed E-state index contributed by atoms with van der Waals surface area (Å²) in [5, 5.41) is 35.5. The Bertz CT molecular complexity index is 2940. The molecule has 2 fully saturated rings. The monoisotopic (exact) mass is 1170 g/mol. The highest BCUT2D eigenvalue weighted by Crippen LogP contribution is 2.33. The molecule has 1 saturated heterocycles. The van der Waals surface area contributed by atoms with Gasteiger partial charge in [-0.3, -0.25) is 24.0 Å². The fourth-order valence-corrected chi connectivity index (χ4v) is 9.11. The number of aromatic nitrogens is 8. The molecule has 7 rings (SSSR count). The number of piperidine rings is 1. The van der Waals surface area contributed by atoms with Crippen LogP contribution >= 0.6 is 0 Å². The number of H-pyrrole nitrogens is 1. The second-order valence-corrected chi connectivity index (χ2v) is 19.7. The molecule has 1 aliphatic heterocycles. The van der Waals surface area contributed by atoms with Crippen molar-refractivity contribution in [3.63, 3.8) is 0 Å². The maximum atomic E-state index is 13.8. The largest absolute Gasteiger partial charge is 0.494 e. The minimum atomic E-state index is -0.746. The number of benzene rings is 1. The number of methoxy groups -OCH3 is 1. The average molecular weight is 1170 g/mol. The van der Waals surface area contributed by atoms with Crippen LogP contribution in [0.25, 0.3) is 22.3 Å². The number of nitrogens with zero attached hydrogens (tertiary/aromatic N) is 10. The highest BCUT2D eigenvalue weighted by atomic mass is 16.6. The molecule has 27 heteroatoms. The number of pyridine rings is 1. The van der Waals surface area contributed by atoms with Gasteiger partial charge in [-0.2, -0.15) is 9.94 Å². The number of amides is 3. The van der Waals surface area contributed by atoms with E-state index in [1.165, 1.54) is 42.3 Å². The van der Waals surface area contributed by atoms with E-state index in [0.717, 1.165) is 11.1 Å². The summed E-state index contributed by atoms with van der Waals surface area (Å²) in [4.78, 5) is 79.8. The molecule has 2 aliphatic rings. The molecule has 3 amide bonds. The topological polar surface area (TPSA) is 321 Å². The number of ether oxygens (including phenoxy) is 9. The molecule has 4 aromatic heterocycles. The van der Waals surface area contributed by atoms with Crippen LogP contribution in [0.1, 0.15) is 77.7 Å². The van der Waals surface area contributed by atoms with Gasteiger partial charge in [0.15, 0.2) is 5.82 Å². The second kappa shape index (κ2) is 35.0. The third-order valence-electron chi connectivity index (χ3n) is 13.7. The molecule has 0 radical (unpaired) electrons. The molecule has 84 heavy (non-hydrogen) atoms. The number of Topliss-reactive ketones (excluding diaryl/α,β-unsaturated/α-hetero) is 2. The van der Waals surface area contributed by atoms with Crippen LogP contribution in [0.4, 0.5) is 0 Å². The van der Waals surface area contributed by atoms with E-state index < -0.39 is 23.7 Å². The number of aliphatic hydroxyl groups excluding tert-OH is 1. The summed E-state index contributed by atoms with van der Waals surface area (Å²) in [6.45, 7) is 9.72. The summed E-state index contributed by atoms with van der Waals surface area (Å²) in [5.74, 6) is -1.95. The minimum Gasteiger partial charge on any atom is -0.494 e. The standard InChI is InChI=1S/C57H76N12O15/c1-41(70)11-18-77-21-24-80-27-28-82-26-23-79-20-17-68-38-45(63-65-68)39-84-32-31-83-30-29-81-25-22-78-19-16-66(56(74)44-33-46(71)34-44)13-6-12-59-55(73)53-62-40-69(64-53)54-51-50(49(76-2)37-61-54)48(36-60-51)52(72)57(75)67-14-9-43(10-15-67)47(35-58)42-7-4-3-5-8-42/h3-5,7-8,36-38,40,44,46,60,71H,6,9-34,39H2,1-2H3,(H,59,73)/t44-,46-. The number of ketones is 2. The Hall–Kier alpha value is -7.39. The zero-order chi connectivity index (χ0) is 59.3. The Kier molecular flexibility index (Phi) is 26.8. The van der Waals surface area contributed by atoms with E-state index in [1.54, 1.807) is 15.8 Å². The maximum Gasteiger partial charge on any atom is 0.295 e. The number of aromatic amines is 1. The molecule has 0 spiro atoms. The molecular weight excluding hydrogens is 1090 g/mol. The fourth-order valence-electron chi connectivity index (χ4n) is 9.11. The maximum absolute atomic E-state index is 13.8. The van der Waals surface area contributed by atoms with Gasteiger partial charge in [-0.15, -0.1) is 10.2 Å². The molecule has 0 atom stereocenters. The van der Waals surface area contributed by atoms with E-state index in [4.69, 9.17) is 42.6 Å². The van der Waals surface area contributed by atoms with Crippen molar-refractivity contribution in [2.24, 2.45) is 5.92 Å². The van der Waals surface area contributed by atoms with Gasteiger partial charge in [0.2, 0.25) is 11.7 Å². The van der Waals surface area contributed by atoms with Crippen molar-refractivity contribution in [3.05, 3.63) is 83.5 Å². The average Bonchev–Trinajstić information content (AvgIpc) is 3.42. The molecule has 1 aromatic carbocycles. The van der Waals surface area contributed by atoms with Gasteiger partial charge in [0, 0.05) is 51.3 Å². The van der Waals surface area contributed by atoms with Gasteiger partial charge in [-0.1, -0.05) is 35.5 Å². The first-order valence-corrected chi connectivity index (χ1v) is 28.3. The van der Waals surface area contributed by atoms with E-state index in [2.05, 4.69) is 41.7 Å². The van der Waals surface area contributed by atoms with Crippen LogP contribution in [0, 0.1) is 17.2 Å². The first-order chi connectivity index (χ1) is 41.0. The van der Waals surface area contributed by atoms with Crippen molar-refractivity contribution in [1.29, 1.82) is 5.26 Å². The molecule has 1 aliphatic carbocycles. The van der Waals surface area contributed by atoms with Gasteiger partial charge < -0.3 is 67.8 Å². The van der Waals surface area contributed by atoms with Crippen molar-refractivity contribution < 1.29 is 71.7 Å². The van der Waals surface area contributed by atoms with Crippen molar-refractivity contribution in [2.75, 3.05) is 139 Å². The lowest BCUT2D eigenvalue weighted by Gasteiger charge is -2.35. The second-order valence-electron chi connectivity index (χ2n) is 19.7. The molecular formula is C57H76N12O15. The van der Waals surface area contributed by atoms with Gasteiger partial charge >= 0.3 is 0 Å². The molecule has 5 aromatic rings. The van der Waals surface area contributed by atoms with Gasteiger partial charge in [-0.25, -0.2) is 14.6 Å². The Morgan fingerprint density at radius 2 is 1.44 bits per heavy atom. The molecule has 3 N–H and O–H groups in total. The SMILES string of the molecule is COc1cnc(-n2cnc(C(=O)NCCCN(CCOCCOCCOCCOCc3cn(CCOCCOCCOCCOCCC(C)=O)nn3)C(=O)[C@H]3C[C@H](O)C3)n2)c2[nH]cc(C(=O)C(=O)N3CCC(=C(C#N)c4ccccc4)CC3)c12. The number of rotatable bonds is 40. The van der Waals surface area contributed by atoms with Crippen LogP contribution in [0.2, 0.25) is 0 Å². The van der Waals surface area contributed by atoms with Crippen molar-refractivity contribution in [1.82, 2.24) is 54.8 Å². The first-order valence-electron chi connectivity index (χ1n) is 28.3. The predicted octanol–water partition coefficient (Wildman–Crippen LogP) is 2.56. The minimum absolute atomic E-state index is 0.0766. The Morgan fingerprint density at radius 3 is 2.07 bits per heavy atom. The zero-order valence-corrected chi connectivity index (χ0v) is 47.8. The van der Waals surface area contributed by atoms with E-state index in [1.807, 2.05) is 30.3 Å². The zero-order valence-electron chi connectivity index (χ0n) is 47.8. The van der Waals surface area contributed by atoms with Crippen molar-refractivity contribution in [3.8, 4) is 17.6 Å². The summed E-state index contributed by atoms with van der Waals surface area (Å²) in [5.41, 5.74) is 3.43. The van der Waals surface area contributed by atoms with Crippen LogP contribution in [0.15, 0.2) is 60.8 Å². The number of aliphatic hydroxyl groups is 1. The van der Waals surface area contributed by atoms with Gasteiger partial charge in [0.05, 0.1) is 166 Å². The fraction of sp³-hybridized carbons (Fsp3) is 0.561. The molecule has 5 heterocycles. The molecule has 454 valence electrons. The van der Waals surface area contributed by atoms with Crippen LogP contribution < -0.4 is 10.1 Å². The highest BCUT2D eigenvalue weighted by Gasteiger charge is 2.36. The van der Waals surface area contributed by atoms with E-state index in [9.17, 15) is 34.3 Å². The van der Waals surface area contributed by atoms with E-state index >= 15 is 0 Å². The number of likely N-dealkylation sites (tertiary alicyclic amines) is 1. The first kappa shape index (κ1) is 64.2. The molecule has 27 nitrogen and oxygen atoms in total. The number of carbonyl (C=O) groups is 5. The molecule has 1 saturated carbocycles. The summed E-state index contributed by atoms with van der Waals surface area (Å²) >= 11 is 0. The van der Waals surface area contributed by atoms with Crippen LogP contribution in [-0.4, -0.2) is 229 Å². The number of nitriles is 1. The number of hydrogen-bond donors (Lipinski definition) is 3. The number of allylic oxidation sites excluding steroid dienone is 1. The van der Waals surface area contributed by atoms with Gasteiger partial charge in [-0.05, 0) is 50.2 Å². The number of fused-ring (bicyclic) bond motifs is 1. The van der Waals surface area contributed by atoms with Gasteiger partial charge in [0.1, 0.15) is 23.6 Å².